The van der Waals surface area contributed by atoms with Gasteiger partial charge in [0.1, 0.15) is 0 Å². The van der Waals surface area contributed by atoms with E-state index >= 15 is 0 Å². The summed E-state index contributed by atoms with van der Waals surface area (Å²) in [6.45, 7) is 3.74. The summed E-state index contributed by atoms with van der Waals surface area (Å²) in [7, 11) is 0. The second kappa shape index (κ2) is 4.66. The Hall–Kier alpha value is -1.75. The molecule has 3 atom stereocenters. The number of esters is 1. The number of rotatable bonds is 4. The molecule has 20 heavy (non-hydrogen) atoms. The number of aliphatic hydroxyl groups is 1. The maximum Gasteiger partial charge on any atom is 0.338 e. The molecule has 5 nitrogen and oxygen atoms in total. The van der Waals surface area contributed by atoms with E-state index < -0.39 is 11.6 Å². The molecule has 1 saturated carbocycles. The number of para-hydroxylation sites is 1. The van der Waals surface area contributed by atoms with E-state index in [1.807, 2.05) is 18.2 Å². The third kappa shape index (κ3) is 2.02. The highest BCUT2D eigenvalue weighted by atomic mass is 16.7. The van der Waals surface area contributed by atoms with Crippen molar-refractivity contribution in [2.45, 2.75) is 31.8 Å². The van der Waals surface area contributed by atoms with Gasteiger partial charge in [-0.2, -0.15) is 0 Å². The molecule has 2 aliphatic rings. The zero-order valence-electron chi connectivity index (χ0n) is 11.6. The summed E-state index contributed by atoms with van der Waals surface area (Å²) in [6.07, 6.45) is 0.742. The van der Waals surface area contributed by atoms with Gasteiger partial charge in [0.25, 0.3) is 0 Å². The molecule has 0 radical (unpaired) electrons. The van der Waals surface area contributed by atoms with Crippen LogP contribution in [0.5, 0.6) is 11.5 Å². The van der Waals surface area contributed by atoms with Crippen molar-refractivity contribution in [3.63, 3.8) is 0 Å². The lowest BCUT2D eigenvalue weighted by atomic mass is 9.96. The third-order valence-electron chi connectivity index (χ3n) is 4.03. The zero-order chi connectivity index (χ0) is 14.3. The number of carbonyl (C=O) groups is 1. The fraction of sp³-hybridized carbons (Fsp3) is 0.533. The number of fused-ring (bicyclic) bond motifs is 1. The molecule has 1 aromatic rings. The van der Waals surface area contributed by atoms with Crippen molar-refractivity contribution in [2.75, 3.05) is 13.4 Å². The van der Waals surface area contributed by atoms with E-state index in [1.165, 1.54) is 6.92 Å². The topological polar surface area (TPSA) is 65.0 Å². The van der Waals surface area contributed by atoms with Gasteiger partial charge in [0, 0.05) is 11.5 Å². The van der Waals surface area contributed by atoms with Gasteiger partial charge in [-0.1, -0.05) is 12.1 Å². The van der Waals surface area contributed by atoms with Crippen LogP contribution in [0.4, 0.5) is 0 Å². The maximum absolute atomic E-state index is 11.8. The molecule has 1 heterocycles. The van der Waals surface area contributed by atoms with Crippen molar-refractivity contribution in [3.05, 3.63) is 23.8 Å². The van der Waals surface area contributed by atoms with Crippen LogP contribution in [-0.4, -0.2) is 30.1 Å². The molecule has 0 aromatic heterocycles. The van der Waals surface area contributed by atoms with Gasteiger partial charge in [0.05, 0.1) is 6.61 Å². The second-order valence-corrected chi connectivity index (χ2v) is 5.40. The largest absolute Gasteiger partial charge is 0.464 e. The molecule has 0 amide bonds. The molecule has 1 aliphatic carbocycles. The Labute approximate surface area is 117 Å². The number of carbonyl (C=O) groups excluding carboxylic acids is 1. The summed E-state index contributed by atoms with van der Waals surface area (Å²) in [4.78, 5) is 11.8. The maximum atomic E-state index is 11.8. The van der Waals surface area contributed by atoms with Gasteiger partial charge in [0.2, 0.25) is 6.79 Å². The van der Waals surface area contributed by atoms with Gasteiger partial charge >= 0.3 is 5.97 Å². The third-order valence-corrected chi connectivity index (χ3v) is 4.03. The molecule has 0 saturated heterocycles. The first-order valence-electron chi connectivity index (χ1n) is 6.83. The molecular weight excluding hydrogens is 260 g/mol. The lowest BCUT2D eigenvalue weighted by Gasteiger charge is -2.21. The molecule has 0 bridgehead atoms. The molecular formula is C15H18O5. The fourth-order valence-electron chi connectivity index (χ4n) is 2.83. The van der Waals surface area contributed by atoms with Crippen molar-refractivity contribution in [3.8, 4) is 11.5 Å². The van der Waals surface area contributed by atoms with E-state index in [2.05, 4.69) is 0 Å². The van der Waals surface area contributed by atoms with Crippen LogP contribution in [0.25, 0.3) is 0 Å². The van der Waals surface area contributed by atoms with E-state index in [4.69, 9.17) is 14.2 Å². The summed E-state index contributed by atoms with van der Waals surface area (Å²) in [5.74, 6) is 0.865. The predicted octanol–water partition coefficient (Wildman–Crippen LogP) is 1.83. The first-order valence-corrected chi connectivity index (χ1v) is 6.83. The molecule has 3 rings (SSSR count). The minimum absolute atomic E-state index is 0.103. The highest BCUT2D eigenvalue weighted by molar-refractivity contribution is 5.80. The zero-order valence-corrected chi connectivity index (χ0v) is 11.6. The van der Waals surface area contributed by atoms with Gasteiger partial charge in [0.15, 0.2) is 17.1 Å². The van der Waals surface area contributed by atoms with E-state index in [0.29, 0.717) is 0 Å². The molecule has 3 unspecified atom stereocenters. The summed E-state index contributed by atoms with van der Waals surface area (Å²) < 4.78 is 15.8. The quantitative estimate of drug-likeness (QED) is 0.851. The second-order valence-electron chi connectivity index (χ2n) is 5.40. The molecule has 1 N–H and O–H groups in total. The van der Waals surface area contributed by atoms with E-state index in [1.54, 1.807) is 6.92 Å². The van der Waals surface area contributed by atoms with Gasteiger partial charge in [-0.05, 0) is 32.3 Å². The smallest absolute Gasteiger partial charge is 0.338 e. The van der Waals surface area contributed by atoms with Crippen molar-refractivity contribution >= 4 is 5.97 Å². The van der Waals surface area contributed by atoms with Crippen LogP contribution in [0.3, 0.4) is 0 Å². The minimum atomic E-state index is -1.46. The molecule has 1 aliphatic heterocycles. The van der Waals surface area contributed by atoms with Crippen molar-refractivity contribution in [2.24, 2.45) is 5.92 Å². The monoisotopic (exact) mass is 278 g/mol. The summed E-state index contributed by atoms with van der Waals surface area (Å²) >= 11 is 0. The van der Waals surface area contributed by atoms with Crippen LogP contribution in [0, 0.1) is 5.92 Å². The van der Waals surface area contributed by atoms with Crippen LogP contribution in [-0.2, 0) is 9.53 Å². The number of hydrogen-bond acceptors (Lipinski definition) is 5. The highest BCUT2D eigenvalue weighted by Crippen LogP contribution is 2.57. The standard InChI is InChI=1S/C15H18O5/c1-3-18-14(16)15(2,17)11-7-10(11)9-5-4-6-12-13(9)20-8-19-12/h4-6,10-11,17H,3,7-8H2,1-2H3. The van der Waals surface area contributed by atoms with E-state index in [9.17, 15) is 9.90 Å². The van der Waals surface area contributed by atoms with Crippen LogP contribution >= 0.6 is 0 Å². The Bertz CT molecular complexity index is 537. The van der Waals surface area contributed by atoms with Gasteiger partial charge in [-0.15, -0.1) is 0 Å². The predicted molar refractivity (Wildman–Crippen MR) is 70.7 cm³/mol. The first kappa shape index (κ1) is 13.2. The van der Waals surface area contributed by atoms with Crippen LogP contribution in [0.1, 0.15) is 31.7 Å². The SMILES string of the molecule is CCOC(=O)C(C)(O)C1CC1c1cccc2c1OCO2. The molecule has 1 aromatic carbocycles. The molecule has 1 fully saturated rings. The number of ether oxygens (including phenoxy) is 3. The van der Waals surface area contributed by atoms with Gasteiger partial charge in [-0.25, -0.2) is 4.79 Å². The Kier molecular flexibility index (Phi) is 3.09. The van der Waals surface area contributed by atoms with Gasteiger partial charge in [-0.3, -0.25) is 0 Å². The first-order chi connectivity index (χ1) is 9.55. The molecule has 5 heteroatoms. The lowest BCUT2D eigenvalue weighted by molar-refractivity contribution is -0.165. The van der Waals surface area contributed by atoms with E-state index in [-0.39, 0.29) is 25.2 Å². The fourth-order valence-corrected chi connectivity index (χ4v) is 2.83. The normalized spacial score (nSPS) is 25.9. The molecule has 108 valence electrons. The Morgan fingerprint density at radius 2 is 2.30 bits per heavy atom. The van der Waals surface area contributed by atoms with Crippen LogP contribution < -0.4 is 9.47 Å². The van der Waals surface area contributed by atoms with Crippen molar-refractivity contribution in [1.29, 1.82) is 0 Å². The molecule has 0 spiro atoms. The Balaban J connectivity index is 1.80. The summed E-state index contributed by atoms with van der Waals surface area (Å²) in [6, 6.07) is 5.71. The van der Waals surface area contributed by atoms with Crippen LogP contribution in [0.15, 0.2) is 18.2 Å². The minimum Gasteiger partial charge on any atom is -0.464 e. The summed E-state index contributed by atoms with van der Waals surface area (Å²) in [5.41, 5.74) is -0.461. The average Bonchev–Trinajstić information content (AvgIpc) is 3.09. The Morgan fingerprint density at radius 3 is 3.05 bits per heavy atom. The van der Waals surface area contributed by atoms with Crippen molar-refractivity contribution in [1.82, 2.24) is 0 Å². The lowest BCUT2D eigenvalue weighted by Crippen LogP contribution is -2.39. The Morgan fingerprint density at radius 1 is 1.50 bits per heavy atom. The van der Waals surface area contributed by atoms with E-state index in [0.717, 1.165) is 23.5 Å². The highest BCUT2D eigenvalue weighted by Gasteiger charge is 2.55. The average molecular weight is 278 g/mol. The number of hydrogen-bond donors (Lipinski definition) is 1. The van der Waals surface area contributed by atoms with Crippen LogP contribution in [0.2, 0.25) is 0 Å². The number of benzene rings is 1. The summed E-state index contributed by atoms with van der Waals surface area (Å²) in [5, 5.41) is 10.4. The van der Waals surface area contributed by atoms with Crippen molar-refractivity contribution < 1.29 is 24.1 Å². The van der Waals surface area contributed by atoms with Gasteiger partial charge < -0.3 is 19.3 Å².